The molecule has 0 aliphatic heterocycles. The largest absolute Gasteiger partial charge is 0.478 e. The highest BCUT2D eigenvalue weighted by Crippen LogP contribution is 2.09. The maximum absolute atomic E-state index is 11.8. The van der Waals surface area contributed by atoms with Gasteiger partial charge in [-0.15, -0.1) is 0 Å². The number of aromatic carboxylic acids is 1. The van der Waals surface area contributed by atoms with Gasteiger partial charge in [0.1, 0.15) is 0 Å². The molecular weight excluding hydrogens is 240 g/mol. The number of allylic oxidation sites excluding steroid dienone is 1. The van der Waals surface area contributed by atoms with Crippen LogP contribution in [-0.4, -0.2) is 16.9 Å². The molecule has 0 fully saturated rings. The van der Waals surface area contributed by atoms with Gasteiger partial charge in [-0.3, -0.25) is 4.79 Å². The molecule has 0 atom stereocenters. The first-order valence-electron chi connectivity index (χ1n) is 5.77. The molecule has 0 bridgehead atoms. The van der Waals surface area contributed by atoms with Crippen molar-refractivity contribution in [3.05, 3.63) is 77.4 Å². The van der Waals surface area contributed by atoms with Crippen molar-refractivity contribution in [2.75, 3.05) is 0 Å². The number of carbonyl (C=O) groups excluding carboxylic acids is 1. The van der Waals surface area contributed by atoms with Gasteiger partial charge in [0, 0.05) is 5.56 Å². The first-order chi connectivity index (χ1) is 9.16. The van der Waals surface area contributed by atoms with E-state index in [-0.39, 0.29) is 11.3 Å². The van der Waals surface area contributed by atoms with E-state index in [0.717, 1.165) is 0 Å². The quantitative estimate of drug-likeness (QED) is 0.671. The van der Waals surface area contributed by atoms with Gasteiger partial charge in [-0.2, -0.15) is 0 Å². The second-order valence-electron chi connectivity index (χ2n) is 3.99. The van der Waals surface area contributed by atoms with Gasteiger partial charge in [0.25, 0.3) is 0 Å². The molecule has 0 saturated heterocycles. The Morgan fingerprint density at radius 1 is 0.895 bits per heavy atom. The van der Waals surface area contributed by atoms with Gasteiger partial charge in [-0.05, 0) is 23.8 Å². The molecule has 0 radical (unpaired) electrons. The number of hydrogen-bond donors (Lipinski definition) is 1. The predicted octanol–water partition coefficient (Wildman–Crippen LogP) is 3.28. The van der Waals surface area contributed by atoms with Crippen molar-refractivity contribution < 1.29 is 14.7 Å². The Morgan fingerprint density at radius 3 is 2.26 bits per heavy atom. The molecule has 0 aliphatic rings. The first kappa shape index (κ1) is 12.8. The van der Waals surface area contributed by atoms with Crippen molar-refractivity contribution in [2.45, 2.75) is 0 Å². The van der Waals surface area contributed by atoms with E-state index in [2.05, 4.69) is 0 Å². The Balaban J connectivity index is 2.17. The van der Waals surface area contributed by atoms with Crippen molar-refractivity contribution in [2.24, 2.45) is 0 Å². The summed E-state index contributed by atoms with van der Waals surface area (Å²) >= 11 is 0. The summed E-state index contributed by atoms with van der Waals surface area (Å²) in [6, 6.07) is 15.4. The van der Waals surface area contributed by atoms with Crippen LogP contribution in [0.2, 0.25) is 0 Å². The van der Waals surface area contributed by atoms with Gasteiger partial charge in [0.15, 0.2) is 5.78 Å². The minimum absolute atomic E-state index is 0.110. The number of carboxylic acid groups (broad SMARTS) is 1. The molecule has 0 spiro atoms. The zero-order valence-corrected chi connectivity index (χ0v) is 10.1. The summed E-state index contributed by atoms with van der Waals surface area (Å²) in [6.07, 6.45) is 3.05. The molecule has 3 nitrogen and oxygen atoms in total. The van der Waals surface area contributed by atoms with Gasteiger partial charge in [-0.1, -0.05) is 48.5 Å². The average molecular weight is 252 g/mol. The molecule has 0 aromatic heterocycles. The smallest absolute Gasteiger partial charge is 0.335 e. The van der Waals surface area contributed by atoms with Gasteiger partial charge in [-0.25, -0.2) is 4.79 Å². The topological polar surface area (TPSA) is 54.4 Å². The summed E-state index contributed by atoms with van der Waals surface area (Å²) in [5.41, 5.74) is 1.49. The monoisotopic (exact) mass is 252 g/mol. The average Bonchev–Trinajstić information content (AvgIpc) is 2.46. The maximum Gasteiger partial charge on any atom is 0.335 e. The zero-order valence-electron chi connectivity index (χ0n) is 10.1. The fourth-order valence-corrected chi connectivity index (χ4v) is 1.65. The van der Waals surface area contributed by atoms with Crippen molar-refractivity contribution >= 4 is 17.8 Å². The first-order valence-corrected chi connectivity index (χ1v) is 5.77. The summed E-state index contributed by atoms with van der Waals surface area (Å²) < 4.78 is 0. The number of carboxylic acids is 1. The minimum Gasteiger partial charge on any atom is -0.478 e. The van der Waals surface area contributed by atoms with E-state index in [9.17, 15) is 9.59 Å². The standard InChI is InChI=1S/C16H12O3/c17-15(13-6-2-1-3-7-13)10-9-12-5-4-8-14(11-12)16(18)19/h1-11H,(H,18,19)/b10-9+. The number of rotatable bonds is 4. The van der Waals surface area contributed by atoms with Crippen LogP contribution >= 0.6 is 0 Å². The molecule has 2 aromatic carbocycles. The van der Waals surface area contributed by atoms with Crippen molar-refractivity contribution in [3.63, 3.8) is 0 Å². The summed E-state index contributed by atoms with van der Waals surface area (Å²) in [5.74, 6) is -1.09. The van der Waals surface area contributed by atoms with E-state index in [1.807, 2.05) is 6.07 Å². The second kappa shape index (κ2) is 5.78. The van der Waals surface area contributed by atoms with E-state index in [1.165, 1.54) is 18.2 Å². The molecule has 19 heavy (non-hydrogen) atoms. The lowest BCUT2D eigenvalue weighted by Crippen LogP contribution is -1.96. The van der Waals surface area contributed by atoms with Gasteiger partial charge in [0.2, 0.25) is 0 Å². The van der Waals surface area contributed by atoms with Gasteiger partial charge in [0.05, 0.1) is 5.56 Å². The van der Waals surface area contributed by atoms with E-state index in [4.69, 9.17) is 5.11 Å². The molecule has 2 rings (SSSR count). The highest BCUT2D eigenvalue weighted by Gasteiger charge is 2.02. The van der Waals surface area contributed by atoms with Crippen LogP contribution in [0.25, 0.3) is 6.08 Å². The van der Waals surface area contributed by atoms with E-state index in [1.54, 1.807) is 42.5 Å². The number of benzene rings is 2. The van der Waals surface area contributed by atoms with Crippen LogP contribution in [0.15, 0.2) is 60.7 Å². The lowest BCUT2D eigenvalue weighted by atomic mass is 10.1. The van der Waals surface area contributed by atoms with Crippen LogP contribution in [0.4, 0.5) is 0 Å². The summed E-state index contributed by atoms with van der Waals surface area (Å²) in [7, 11) is 0. The lowest BCUT2D eigenvalue weighted by molar-refractivity contribution is 0.0696. The van der Waals surface area contributed by atoms with Crippen molar-refractivity contribution in [1.29, 1.82) is 0 Å². The molecule has 2 aromatic rings. The molecule has 94 valence electrons. The Morgan fingerprint density at radius 2 is 1.58 bits per heavy atom. The Hall–Kier alpha value is -2.68. The third-order valence-electron chi connectivity index (χ3n) is 2.62. The Labute approximate surface area is 110 Å². The molecular formula is C16H12O3. The molecule has 1 N–H and O–H groups in total. The van der Waals surface area contributed by atoms with E-state index in [0.29, 0.717) is 11.1 Å². The number of hydrogen-bond acceptors (Lipinski definition) is 2. The van der Waals surface area contributed by atoms with Crippen LogP contribution in [0.3, 0.4) is 0 Å². The summed E-state index contributed by atoms with van der Waals surface area (Å²) in [5, 5.41) is 8.87. The van der Waals surface area contributed by atoms with E-state index < -0.39 is 5.97 Å². The second-order valence-corrected chi connectivity index (χ2v) is 3.99. The molecule has 0 amide bonds. The van der Waals surface area contributed by atoms with Crippen molar-refractivity contribution in [3.8, 4) is 0 Å². The predicted molar refractivity (Wildman–Crippen MR) is 73.2 cm³/mol. The van der Waals surface area contributed by atoms with Gasteiger partial charge < -0.3 is 5.11 Å². The normalized spacial score (nSPS) is 10.5. The Bertz CT molecular complexity index is 627. The fraction of sp³-hybridized carbons (Fsp3) is 0. The summed E-state index contributed by atoms with van der Waals surface area (Å²) in [4.78, 5) is 22.7. The number of ketones is 1. The molecule has 3 heteroatoms. The van der Waals surface area contributed by atoms with Crippen LogP contribution in [0, 0.1) is 0 Å². The van der Waals surface area contributed by atoms with Gasteiger partial charge >= 0.3 is 5.97 Å². The highest BCUT2D eigenvalue weighted by molar-refractivity contribution is 6.06. The zero-order chi connectivity index (χ0) is 13.7. The van der Waals surface area contributed by atoms with Crippen molar-refractivity contribution in [1.82, 2.24) is 0 Å². The third-order valence-corrected chi connectivity index (χ3v) is 2.62. The number of carbonyl (C=O) groups is 2. The molecule has 0 heterocycles. The lowest BCUT2D eigenvalue weighted by Gasteiger charge is -1.97. The molecule has 0 saturated carbocycles. The molecule has 0 unspecified atom stereocenters. The SMILES string of the molecule is O=C(O)c1cccc(/C=C/C(=O)c2ccccc2)c1. The van der Waals surface area contributed by atoms with Crippen LogP contribution < -0.4 is 0 Å². The summed E-state index contributed by atoms with van der Waals surface area (Å²) in [6.45, 7) is 0. The van der Waals surface area contributed by atoms with Crippen LogP contribution in [0.1, 0.15) is 26.3 Å². The van der Waals surface area contributed by atoms with Crippen LogP contribution in [-0.2, 0) is 0 Å². The molecule has 0 aliphatic carbocycles. The van der Waals surface area contributed by atoms with E-state index >= 15 is 0 Å². The maximum atomic E-state index is 11.8. The minimum atomic E-state index is -0.982. The van der Waals surface area contributed by atoms with Crippen LogP contribution in [0.5, 0.6) is 0 Å². The third kappa shape index (κ3) is 3.39. The highest BCUT2D eigenvalue weighted by atomic mass is 16.4. The fourth-order valence-electron chi connectivity index (χ4n) is 1.65. The Kier molecular flexibility index (Phi) is 3.88.